The SMILES string of the molecule is CCNCc1cc(CN(CC)Cc2ccccn2)oc1C. The Kier molecular flexibility index (Phi) is 5.96. The highest BCUT2D eigenvalue weighted by Gasteiger charge is 2.11. The summed E-state index contributed by atoms with van der Waals surface area (Å²) in [5, 5.41) is 3.34. The molecule has 2 aromatic heterocycles. The molecule has 0 spiro atoms. The molecule has 4 heteroatoms. The van der Waals surface area contributed by atoms with Gasteiger partial charge >= 0.3 is 0 Å². The molecule has 0 aliphatic heterocycles. The van der Waals surface area contributed by atoms with Crippen LogP contribution in [0, 0.1) is 6.92 Å². The van der Waals surface area contributed by atoms with Crippen molar-refractivity contribution in [3.8, 4) is 0 Å². The Morgan fingerprint density at radius 1 is 1.24 bits per heavy atom. The van der Waals surface area contributed by atoms with Crippen molar-refractivity contribution in [3.05, 3.63) is 53.2 Å². The summed E-state index contributed by atoms with van der Waals surface area (Å²) in [6.07, 6.45) is 1.84. The molecule has 0 fully saturated rings. The fraction of sp³-hybridized carbons (Fsp3) is 0.471. The van der Waals surface area contributed by atoms with E-state index < -0.39 is 0 Å². The maximum Gasteiger partial charge on any atom is 0.118 e. The standard InChI is InChI=1S/C17H25N3O/c1-4-18-11-15-10-17(21-14(15)3)13-20(5-2)12-16-8-6-7-9-19-16/h6-10,18H,4-5,11-13H2,1-3H3. The minimum Gasteiger partial charge on any atom is -0.465 e. The smallest absolute Gasteiger partial charge is 0.118 e. The van der Waals surface area contributed by atoms with Crippen LogP contribution >= 0.6 is 0 Å². The van der Waals surface area contributed by atoms with E-state index in [2.05, 4.69) is 41.2 Å². The normalized spacial score (nSPS) is 11.2. The number of hydrogen-bond donors (Lipinski definition) is 1. The summed E-state index contributed by atoms with van der Waals surface area (Å²) in [5.74, 6) is 2.04. The topological polar surface area (TPSA) is 41.3 Å². The van der Waals surface area contributed by atoms with Crippen LogP contribution in [0.2, 0.25) is 0 Å². The van der Waals surface area contributed by atoms with E-state index in [0.29, 0.717) is 0 Å². The van der Waals surface area contributed by atoms with Crippen molar-refractivity contribution >= 4 is 0 Å². The molecule has 2 rings (SSSR count). The highest BCUT2D eigenvalue weighted by atomic mass is 16.3. The summed E-state index contributed by atoms with van der Waals surface area (Å²) in [7, 11) is 0. The number of nitrogens with zero attached hydrogens (tertiary/aromatic N) is 2. The molecule has 1 N–H and O–H groups in total. The van der Waals surface area contributed by atoms with Gasteiger partial charge in [0.2, 0.25) is 0 Å². The van der Waals surface area contributed by atoms with Gasteiger partial charge in [0.05, 0.1) is 12.2 Å². The highest BCUT2D eigenvalue weighted by Crippen LogP contribution is 2.17. The molecule has 0 atom stereocenters. The molecule has 2 heterocycles. The lowest BCUT2D eigenvalue weighted by atomic mass is 10.2. The van der Waals surface area contributed by atoms with Crippen molar-refractivity contribution in [1.29, 1.82) is 0 Å². The van der Waals surface area contributed by atoms with Gasteiger partial charge in [-0.15, -0.1) is 0 Å². The van der Waals surface area contributed by atoms with Crippen LogP contribution in [0.25, 0.3) is 0 Å². The average molecular weight is 287 g/mol. The first-order valence-electron chi connectivity index (χ1n) is 7.64. The zero-order valence-electron chi connectivity index (χ0n) is 13.2. The molecular formula is C17H25N3O. The van der Waals surface area contributed by atoms with Crippen molar-refractivity contribution in [2.45, 2.75) is 40.4 Å². The molecule has 0 radical (unpaired) electrons. The van der Waals surface area contributed by atoms with Crippen LogP contribution < -0.4 is 5.32 Å². The molecule has 4 nitrogen and oxygen atoms in total. The third-order valence-corrected chi connectivity index (χ3v) is 3.58. The van der Waals surface area contributed by atoms with E-state index in [1.807, 2.05) is 25.3 Å². The number of pyridine rings is 1. The Morgan fingerprint density at radius 2 is 2.10 bits per heavy atom. The van der Waals surface area contributed by atoms with Gasteiger partial charge in [-0.25, -0.2) is 0 Å². The quantitative estimate of drug-likeness (QED) is 0.810. The molecule has 0 aromatic carbocycles. The lowest BCUT2D eigenvalue weighted by Gasteiger charge is -2.18. The van der Waals surface area contributed by atoms with Gasteiger partial charge in [-0.2, -0.15) is 0 Å². The van der Waals surface area contributed by atoms with Crippen LogP contribution in [0.5, 0.6) is 0 Å². The van der Waals surface area contributed by atoms with E-state index in [4.69, 9.17) is 4.42 Å². The minimum absolute atomic E-state index is 0.819. The predicted molar refractivity (Wildman–Crippen MR) is 84.9 cm³/mol. The van der Waals surface area contributed by atoms with Gasteiger partial charge in [-0.1, -0.05) is 19.9 Å². The Bertz CT molecular complexity index is 536. The number of furan rings is 1. The van der Waals surface area contributed by atoms with Crippen LogP contribution in [0.1, 0.15) is 36.6 Å². The summed E-state index contributed by atoms with van der Waals surface area (Å²) in [4.78, 5) is 6.72. The molecule has 2 aromatic rings. The van der Waals surface area contributed by atoms with Gasteiger partial charge in [0.15, 0.2) is 0 Å². The maximum absolute atomic E-state index is 5.88. The van der Waals surface area contributed by atoms with E-state index in [1.165, 1.54) is 5.56 Å². The van der Waals surface area contributed by atoms with Crippen molar-refractivity contribution in [2.24, 2.45) is 0 Å². The van der Waals surface area contributed by atoms with E-state index >= 15 is 0 Å². The Hall–Kier alpha value is -1.65. The van der Waals surface area contributed by atoms with Crippen LogP contribution in [-0.2, 0) is 19.6 Å². The first kappa shape index (κ1) is 15.7. The molecule has 0 aliphatic carbocycles. The van der Waals surface area contributed by atoms with Crippen LogP contribution in [-0.4, -0.2) is 23.0 Å². The summed E-state index contributed by atoms with van der Waals surface area (Å²) >= 11 is 0. The zero-order chi connectivity index (χ0) is 15.1. The maximum atomic E-state index is 5.88. The van der Waals surface area contributed by atoms with Gasteiger partial charge in [0, 0.05) is 24.8 Å². The van der Waals surface area contributed by atoms with Gasteiger partial charge < -0.3 is 9.73 Å². The Balaban J connectivity index is 1.98. The van der Waals surface area contributed by atoms with Gasteiger partial charge in [0.1, 0.15) is 11.5 Å². The van der Waals surface area contributed by atoms with Crippen molar-refractivity contribution in [1.82, 2.24) is 15.2 Å². The third kappa shape index (κ3) is 4.69. The summed E-state index contributed by atoms with van der Waals surface area (Å²) in [6, 6.07) is 8.20. The molecule has 0 bridgehead atoms. The lowest BCUT2D eigenvalue weighted by Crippen LogP contribution is -2.22. The second kappa shape index (κ2) is 7.96. The van der Waals surface area contributed by atoms with Crippen molar-refractivity contribution < 1.29 is 4.42 Å². The van der Waals surface area contributed by atoms with E-state index in [0.717, 1.165) is 49.9 Å². The molecule has 21 heavy (non-hydrogen) atoms. The largest absolute Gasteiger partial charge is 0.465 e. The molecule has 114 valence electrons. The lowest BCUT2D eigenvalue weighted by molar-refractivity contribution is 0.243. The fourth-order valence-corrected chi connectivity index (χ4v) is 2.32. The van der Waals surface area contributed by atoms with Gasteiger partial charge in [0.25, 0.3) is 0 Å². The van der Waals surface area contributed by atoms with E-state index in [9.17, 15) is 0 Å². The second-order valence-corrected chi connectivity index (χ2v) is 5.20. The summed E-state index contributed by atoms with van der Waals surface area (Å²) in [6.45, 7) is 10.8. The number of hydrogen-bond acceptors (Lipinski definition) is 4. The molecule has 0 unspecified atom stereocenters. The highest BCUT2D eigenvalue weighted by molar-refractivity contribution is 5.20. The number of nitrogens with one attached hydrogen (secondary N) is 1. The van der Waals surface area contributed by atoms with Crippen molar-refractivity contribution in [3.63, 3.8) is 0 Å². The average Bonchev–Trinajstić information content (AvgIpc) is 2.85. The molecule has 0 saturated heterocycles. The number of aryl methyl sites for hydroxylation is 1. The molecule has 0 aliphatic rings. The molecule has 0 saturated carbocycles. The first-order valence-corrected chi connectivity index (χ1v) is 7.64. The third-order valence-electron chi connectivity index (χ3n) is 3.58. The monoisotopic (exact) mass is 287 g/mol. The predicted octanol–water partition coefficient (Wildman–Crippen LogP) is 3.11. The Labute approximate surface area is 127 Å². The number of aromatic nitrogens is 1. The minimum atomic E-state index is 0.819. The van der Waals surface area contributed by atoms with Crippen molar-refractivity contribution in [2.75, 3.05) is 13.1 Å². The fourth-order valence-electron chi connectivity index (χ4n) is 2.32. The molecule has 0 amide bonds. The van der Waals surface area contributed by atoms with Crippen LogP contribution in [0.4, 0.5) is 0 Å². The second-order valence-electron chi connectivity index (χ2n) is 5.20. The van der Waals surface area contributed by atoms with Crippen LogP contribution in [0.3, 0.4) is 0 Å². The first-order chi connectivity index (χ1) is 10.2. The van der Waals surface area contributed by atoms with E-state index in [-0.39, 0.29) is 0 Å². The summed E-state index contributed by atoms with van der Waals surface area (Å²) < 4.78 is 5.88. The summed E-state index contributed by atoms with van der Waals surface area (Å²) in [5.41, 5.74) is 2.34. The van der Waals surface area contributed by atoms with E-state index in [1.54, 1.807) is 0 Å². The Morgan fingerprint density at radius 3 is 2.76 bits per heavy atom. The van der Waals surface area contributed by atoms with Crippen LogP contribution in [0.15, 0.2) is 34.9 Å². The van der Waals surface area contributed by atoms with Gasteiger partial charge in [-0.05, 0) is 38.2 Å². The zero-order valence-corrected chi connectivity index (χ0v) is 13.2. The number of rotatable bonds is 8. The van der Waals surface area contributed by atoms with Gasteiger partial charge in [-0.3, -0.25) is 9.88 Å². The molecular weight excluding hydrogens is 262 g/mol.